The highest BCUT2D eigenvalue weighted by Gasteiger charge is 2.29. The summed E-state index contributed by atoms with van der Waals surface area (Å²) in [6, 6.07) is 6.74. The second kappa shape index (κ2) is 3.21. The van der Waals surface area contributed by atoms with Gasteiger partial charge in [-0.2, -0.15) is 5.26 Å². The molecular weight excluding hydrogens is 192 g/mol. The lowest BCUT2D eigenvalue weighted by Crippen LogP contribution is -2.33. The summed E-state index contributed by atoms with van der Waals surface area (Å²) in [4.78, 5) is 0. The van der Waals surface area contributed by atoms with E-state index in [2.05, 4.69) is 5.32 Å². The third-order valence-electron chi connectivity index (χ3n) is 2.40. The first-order valence-corrected chi connectivity index (χ1v) is 4.50. The quantitative estimate of drug-likeness (QED) is 0.724. The topological polar surface area (TPSA) is 65.3 Å². The van der Waals surface area contributed by atoms with Crippen LogP contribution in [-0.4, -0.2) is 5.11 Å². The Morgan fingerprint density at radius 2 is 2.33 bits per heavy atom. The average Bonchev–Trinajstić information content (AvgIpc) is 2.66. The maximum atomic E-state index is 9.54. The van der Waals surface area contributed by atoms with E-state index >= 15 is 0 Å². The molecule has 1 aliphatic rings. The molecule has 0 aliphatic carbocycles. The molecule has 0 radical (unpaired) electrons. The van der Waals surface area contributed by atoms with Crippen molar-refractivity contribution in [3.8, 4) is 11.8 Å². The molecule has 0 saturated carbocycles. The Hall–Kier alpha value is -2.15. The minimum atomic E-state index is -0.661. The molecule has 4 heteroatoms. The summed E-state index contributed by atoms with van der Waals surface area (Å²) in [6.45, 7) is 1.84. The standard InChI is InChI=1S/C11H10N2O2/c1-11(13-4-5-15-11)9-3-2-8(7-12)10(14)6-9/h2-6,13-14H,1H3. The second-order valence-electron chi connectivity index (χ2n) is 3.44. The van der Waals surface area contributed by atoms with Crippen molar-refractivity contribution in [3.63, 3.8) is 0 Å². The van der Waals surface area contributed by atoms with E-state index in [0.717, 1.165) is 5.56 Å². The zero-order valence-corrected chi connectivity index (χ0v) is 8.19. The first-order chi connectivity index (χ1) is 7.15. The minimum Gasteiger partial charge on any atom is -0.507 e. The smallest absolute Gasteiger partial charge is 0.203 e. The minimum absolute atomic E-state index is 0.0338. The lowest BCUT2D eigenvalue weighted by molar-refractivity contribution is 0.0399. The van der Waals surface area contributed by atoms with Gasteiger partial charge in [0.15, 0.2) is 0 Å². The predicted octanol–water partition coefficient (Wildman–Crippen LogP) is 1.53. The highest BCUT2D eigenvalue weighted by Crippen LogP contribution is 2.29. The number of hydrogen-bond donors (Lipinski definition) is 2. The number of ether oxygens (including phenoxy) is 1. The Bertz CT molecular complexity index is 452. The van der Waals surface area contributed by atoms with Crippen LogP contribution < -0.4 is 5.32 Å². The van der Waals surface area contributed by atoms with Gasteiger partial charge in [-0.3, -0.25) is 0 Å². The lowest BCUT2D eigenvalue weighted by Gasteiger charge is -2.25. The molecule has 1 unspecified atom stereocenters. The van der Waals surface area contributed by atoms with Gasteiger partial charge < -0.3 is 15.2 Å². The summed E-state index contributed by atoms with van der Waals surface area (Å²) < 4.78 is 5.37. The highest BCUT2D eigenvalue weighted by atomic mass is 16.5. The molecule has 4 nitrogen and oxygen atoms in total. The summed E-state index contributed by atoms with van der Waals surface area (Å²) in [6.07, 6.45) is 3.24. The van der Waals surface area contributed by atoms with Gasteiger partial charge in [0.2, 0.25) is 5.72 Å². The van der Waals surface area contributed by atoms with E-state index in [4.69, 9.17) is 10.00 Å². The molecule has 1 aliphatic heterocycles. The van der Waals surface area contributed by atoms with Crippen molar-refractivity contribution in [2.24, 2.45) is 0 Å². The molecule has 1 aromatic carbocycles. The Balaban J connectivity index is 2.39. The SMILES string of the molecule is CC1(c2ccc(C#N)c(O)c2)NC=CO1. The number of phenolic OH excluding ortho intramolecular Hbond substituents is 1. The van der Waals surface area contributed by atoms with Gasteiger partial charge in [0.05, 0.1) is 5.56 Å². The Kier molecular flexibility index (Phi) is 2.01. The fourth-order valence-corrected chi connectivity index (χ4v) is 1.47. The number of rotatable bonds is 1. The van der Waals surface area contributed by atoms with Gasteiger partial charge in [0.1, 0.15) is 18.1 Å². The van der Waals surface area contributed by atoms with Crippen LogP contribution in [-0.2, 0) is 10.5 Å². The molecule has 0 bridgehead atoms. The van der Waals surface area contributed by atoms with E-state index in [1.807, 2.05) is 13.0 Å². The van der Waals surface area contributed by atoms with Gasteiger partial charge in [0, 0.05) is 11.8 Å². The van der Waals surface area contributed by atoms with E-state index in [-0.39, 0.29) is 11.3 Å². The van der Waals surface area contributed by atoms with Gasteiger partial charge in [-0.25, -0.2) is 0 Å². The normalized spacial score (nSPS) is 22.9. The molecule has 76 valence electrons. The number of aromatic hydroxyl groups is 1. The molecule has 1 aromatic rings. The molecule has 0 fully saturated rings. The molecule has 0 saturated heterocycles. The third-order valence-corrected chi connectivity index (χ3v) is 2.40. The summed E-state index contributed by atoms with van der Waals surface area (Å²) >= 11 is 0. The monoisotopic (exact) mass is 202 g/mol. The predicted molar refractivity (Wildman–Crippen MR) is 53.5 cm³/mol. The average molecular weight is 202 g/mol. The molecule has 0 aromatic heterocycles. The summed E-state index contributed by atoms with van der Waals surface area (Å²) in [5.74, 6) is -0.0338. The van der Waals surface area contributed by atoms with Crippen molar-refractivity contribution in [2.75, 3.05) is 0 Å². The van der Waals surface area contributed by atoms with Crippen LogP contribution >= 0.6 is 0 Å². The van der Waals surface area contributed by atoms with Crippen LogP contribution in [0.5, 0.6) is 5.75 Å². The fourth-order valence-electron chi connectivity index (χ4n) is 1.47. The number of benzene rings is 1. The zero-order valence-electron chi connectivity index (χ0n) is 8.19. The molecule has 0 spiro atoms. The molecule has 1 heterocycles. The van der Waals surface area contributed by atoms with Crippen molar-refractivity contribution in [3.05, 3.63) is 41.8 Å². The maximum Gasteiger partial charge on any atom is 0.203 e. The second-order valence-corrected chi connectivity index (χ2v) is 3.44. The van der Waals surface area contributed by atoms with Crippen LogP contribution in [0.15, 0.2) is 30.7 Å². The van der Waals surface area contributed by atoms with E-state index in [1.165, 1.54) is 6.07 Å². The molecule has 2 rings (SSSR count). The van der Waals surface area contributed by atoms with Crippen molar-refractivity contribution < 1.29 is 9.84 Å². The summed E-state index contributed by atoms with van der Waals surface area (Å²) in [7, 11) is 0. The van der Waals surface area contributed by atoms with Gasteiger partial charge in [0.25, 0.3) is 0 Å². The largest absolute Gasteiger partial charge is 0.507 e. The van der Waals surface area contributed by atoms with Gasteiger partial charge in [-0.1, -0.05) is 6.07 Å². The maximum absolute atomic E-state index is 9.54. The van der Waals surface area contributed by atoms with Gasteiger partial charge in [-0.15, -0.1) is 0 Å². The molecule has 2 N–H and O–H groups in total. The van der Waals surface area contributed by atoms with Crippen molar-refractivity contribution in [2.45, 2.75) is 12.6 Å². The van der Waals surface area contributed by atoms with Crippen LogP contribution in [0.4, 0.5) is 0 Å². The molecular formula is C11H10N2O2. The van der Waals surface area contributed by atoms with Gasteiger partial charge >= 0.3 is 0 Å². The Morgan fingerprint density at radius 3 is 2.87 bits per heavy atom. The van der Waals surface area contributed by atoms with Crippen LogP contribution in [0.2, 0.25) is 0 Å². The number of phenols is 1. The van der Waals surface area contributed by atoms with Crippen molar-refractivity contribution >= 4 is 0 Å². The van der Waals surface area contributed by atoms with Crippen LogP contribution in [0, 0.1) is 11.3 Å². The van der Waals surface area contributed by atoms with Crippen molar-refractivity contribution in [1.82, 2.24) is 5.32 Å². The molecule has 15 heavy (non-hydrogen) atoms. The molecule has 0 amide bonds. The van der Waals surface area contributed by atoms with Crippen molar-refractivity contribution in [1.29, 1.82) is 5.26 Å². The third kappa shape index (κ3) is 1.48. The van der Waals surface area contributed by atoms with E-state index in [9.17, 15) is 5.11 Å². The number of nitrogens with one attached hydrogen (secondary N) is 1. The van der Waals surface area contributed by atoms with Crippen LogP contribution in [0.3, 0.4) is 0 Å². The Morgan fingerprint density at radius 1 is 1.53 bits per heavy atom. The van der Waals surface area contributed by atoms with Crippen LogP contribution in [0.1, 0.15) is 18.1 Å². The fraction of sp³-hybridized carbons (Fsp3) is 0.182. The van der Waals surface area contributed by atoms with E-state index in [1.54, 1.807) is 24.6 Å². The highest BCUT2D eigenvalue weighted by molar-refractivity contribution is 5.45. The van der Waals surface area contributed by atoms with E-state index < -0.39 is 5.72 Å². The number of nitrogens with zero attached hydrogens (tertiary/aromatic N) is 1. The number of hydrogen-bond acceptors (Lipinski definition) is 4. The Labute approximate surface area is 87.4 Å². The summed E-state index contributed by atoms with van der Waals surface area (Å²) in [5.41, 5.74) is 0.364. The first-order valence-electron chi connectivity index (χ1n) is 4.50. The lowest BCUT2D eigenvalue weighted by atomic mass is 10.0. The number of nitriles is 1. The van der Waals surface area contributed by atoms with Gasteiger partial charge in [-0.05, 0) is 19.1 Å². The van der Waals surface area contributed by atoms with E-state index in [0.29, 0.717) is 0 Å². The summed E-state index contributed by atoms with van der Waals surface area (Å²) in [5, 5.41) is 21.2. The van der Waals surface area contributed by atoms with Crippen LogP contribution in [0.25, 0.3) is 0 Å². The zero-order chi connectivity index (χ0) is 10.9. The molecule has 1 atom stereocenters. The first kappa shape index (κ1) is 9.41.